The Bertz CT molecular complexity index is 955. The van der Waals surface area contributed by atoms with Crippen LogP contribution in [0.5, 0.6) is 0 Å². The van der Waals surface area contributed by atoms with Gasteiger partial charge in [0.05, 0.1) is 5.39 Å². The number of thiophene rings is 1. The standard InChI is InChI=1S/C18H12FN3S.ClH/c19-13-6-8-14(9-7-13)22-17-16-15(12-4-2-1-3-5-12)10-23-18(16)21-11-20-17;/h1-11H,(H,20,21,22);1H. The molecule has 0 aliphatic heterocycles. The van der Waals surface area contributed by atoms with Gasteiger partial charge in [-0.3, -0.25) is 0 Å². The molecule has 1 N–H and O–H groups in total. The van der Waals surface area contributed by atoms with Crippen molar-refractivity contribution in [1.29, 1.82) is 0 Å². The first-order valence-corrected chi connectivity index (χ1v) is 7.99. The van der Waals surface area contributed by atoms with Gasteiger partial charge in [-0.1, -0.05) is 30.3 Å². The number of hydrogen-bond acceptors (Lipinski definition) is 4. The lowest BCUT2D eigenvalue weighted by Crippen LogP contribution is -1.95. The van der Waals surface area contributed by atoms with E-state index in [0.29, 0.717) is 0 Å². The maximum atomic E-state index is 13.1. The largest absolute Gasteiger partial charge is 0.340 e. The third kappa shape index (κ3) is 3.09. The molecule has 120 valence electrons. The fourth-order valence-corrected chi connectivity index (χ4v) is 3.39. The molecule has 4 rings (SSSR count). The summed E-state index contributed by atoms with van der Waals surface area (Å²) in [4.78, 5) is 9.64. The number of benzene rings is 2. The lowest BCUT2D eigenvalue weighted by atomic mass is 10.1. The quantitative estimate of drug-likeness (QED) is 0.514. The Balaban J connectivity index is 0.00000169. The van der Waals surface area contributed by atoms with Crippen molar-refractivity contribution in [2.45, 2.75) is 0 Å². The first kappa shape index (κ1) is 16.4. The van der Waals surface area contributed by atoms with Crippen LogP contribution >= 0.6 is 23.7 Å². The Morgan fingerprint density at radius 3 is 2.42 bits per heavy atom. The predicted octanol–water partition coefficient (Wildman–Crippen LogP) is 5.66. The van der Waals surface area contributed by atoms with Gasteiger partial charge in [0.25, 0.3) is 0 Å². The lowest BCUT2D eigenvalue weighted by Gasteiger charge is -2.08. The third-order valence-electron chi connectivity index (χ3n) is 3.56. The normalized spacial score (nSPS) is 10.4. The van der Waals surface area contributed by atoms with Crippen LogP contribution in [0.3, 0.4) is 0 Å². The van der Waals surface area contributed by atoms with E-state index in [0.717, 1.165) is 32.8 Å². The van der Waals surface area contributed by atoms with Crippen LogP contribution in [0.25, 0.3) is 21.3 Å². The van der Waals surface area contributed by atoms with Crippen molar-refractivity contribution in [3.63, 3.8) is 0 Å². The third-order valence-corrected chi connectivity index (χ3v) is 4.45. The number of rotatable bonds is 3. The van der Waals surface area contributed by atoms with Crippen LogP contribution in [0, 0.1) is 5.82 Å². The van der Waals surface area contributed by atoms with Gasteiger partial charge in [-0.2, -0.15) is 0 Å². The van der Waals surface area contributed by atoms with Crippen LogP contribution in [0.2, 0.25) is 0 Å². The van der Waals surface area contributed by atoms with Crippen molar-refractivity contribution in [3.8, 4) is 11.1 Å². The molecule has 0 fully saturated rings. The maximum Gasteiger partial charge on any atom is 0.143 e. The Hall–Kier alpha value is -2.50. The van der Waals surface area contributed by atoms with Gasteiger partial charge in [0.2, 0.25) is 0 Å². The van der Waals surface area contributed by atoms with E-state index in [1.165, 1.54) is 12.1 Å². The fourth-order valence-electron chi connectivity index (χ4n) is 2.47. The van der Waals surface area contributed by atoms with Crippen LogP contribution < -0.4 is 5.32 Å². The van der Waals surface area contributed by atoms with Crippen LogP contribution in [-0.2, 0) is 0 Å². The average molecular weight is 358 g/mol. The van der Waals surface area contributed by atoms with E-state index in [1.807, 2.05) is 18.2 Å². The number of nitrogens with zero attached hydrogens (tertiary/aromatic N) is 2. The summed E-state index contributed by atoms with van der Waals surface area (Å²) in [5.41, 5.74) is 3.00. The van der Waals surface area contributed by atoms with Crippen LogP contribution in [0.1, 0.15) is 0 Å². The van der Waals surface area contributed by atoms with Crippen molar-refractivity contribution >= 4 is 45.5 Å². The van der Waals surface area contributed by atoms with E-state index in [-0.39, 0.29) is 18.2 Å². The Labute approximate surface area is 148 Å². The van der Waals surface area contributed by atoms with Crippen molar-refractivity contribution in [3.05, 3.63) is 72.1 Å². The van der Waals surface area contributed by atoms with Gasteiger partial charge in [0, 0.05) is 16.6 Å². The summed E-state index contributed by atoms with van der Waals surface area (Å²) in [6.07, 6.45) is 1.54. The summed E-state index contributed by atoms with van der Waals surface area (Å²) >= 11 is 1.58. The van der Waals surface area contributed by atoms with Crippen molar-refractivity contribution in [1.82, 2.24) is 9.97 Å². The second kappa shape index (κ2) is 6.95. The van der Waals surface area contributed by atoms with E-state index in [9.17, 15) is 4.39 Å². The van der Waals surface area contributed by atoms with Crippen molar-refractivity contribution in [2.24, 2.45) is 0 Å². The SMILES string of the molecule is Cl.Fc1ccc(Nc2ncnc3scc(-c4ccccc4)c23)cc1. The summed E-state index contributed by atoms with van der Waals surface area (Å²) in [5, 5.41) is 6.33. The van der Waals surface area contributed by atoms with Crippen molar-refractivity contribution < 1.29 is 4.39 Å². The highest BCUT2D eigenvalue weighted by Crippen LogP contribution is 2.37. The monoisotopic (exact) mass is 357 g/mol. The van der Waals surface area contributed by atoms with Gasteiger partial charge < -0.3 is 5.32 Å². The molecule has 4 aromatic rings. The number of halogens is 2. The zero-order valence-corrected chi connectivity index (χ0v) is 14.1. The predicted molar refractivity (Wildman–Crippen MR) is 99.8 cm³/mol. The molecule has 6 heteroatoms. The van der Waals surface area contributed by atoms with Crippen LogP contribution in [0.4, 0.5) is 15.9 Å². The topological polar surface area (TPSA) is 37.8 Å². The number of fused-ring (bicyclic) bond motifs is 1. The number of hydrogen-bond donors (Lipinski definition) is 1. The Kier molecular flexibility index (Phi) is 4.74. The zero-order valence-electron chi connectivity index (χ0n) is 12.4. The molecule has 2 aromatic carbocycles. The highest BCUT2D eigenvalue weighted by molar-refractivity contribution is 7.17. The molecule has 0 aliphatic rings. The highest BCUT2D eigenvalue weighted by atomic mass is 35.5. The molecular formula is C18H13ClFN3S. The second-order valence-electron chi connectivity index (χ2n) is 5.05. The first-order valence-electron chi connectivity index (χ1n) is 7.11. The smallest absolute Gasteiger partial charge is 0.143 e. The Morgan fingerprint density at radius 1 is 0.917 bits per heavy atom. The first-order chi connectivity index (χ1) is 11.3. The van der Waals surface area contributed by atoms with E-state index in [1.54, 1.807) is 29.8 Å². The molecule has 0 aliphatic carbocycles. The molecule has 0 spiro atoms. The molecule has 0 atom stereocenters. The summed E-state index contributed by atoms with van der Waals surface area (Å²) in [7, 11) is 0. The van der Waals surface area contributed by atoms with Gasteiger partial charge in [-0.25, -0.2) is 14.4 Å². The van der Waals surface area contributed by atoms with Gasteiger partial charge in [-0.05, 0) is 29.8 Å². The summed E-state index contributed by atoms with van der Waals surface area (Å²) in [5.74, 6) is 0.464. The van der Waals surface area contributed by atoms with E-state index < -0.39 is 0 Å². The van der Waals surface area contributed by atoms with Gasteiger partial charge >= 0.3 is 0 Å². The van der Waals surface area contributed by atoms with Gasteiger partial charge in [-0.15, -0.1) is 23.7 Å². The number of nitrogens with one attached hydrogen (secondary N) is 1. The molecule has 0 unspecified atom stereocenters. The molecule has 0 saturated carbocycles. The molecule has 0 bridgehead atoms. The molecule has 2 heterocycles. The minimum Gasteiger partial charge on any atom is -0.340 e. The molecule has 0 amide bonds. The average Bonchev–Trinajstić information content (AvgIpc) is 3.03. The van der Waals surface area contributed by atoms with Gasteiger partial charge in [0.15, 0.2) is 0 Å². The second-order valence-corrected chi connectivity index (χ2v) is 5.91. The minimum atomic E-state index is -0.260. The summed E-state index contributed by atoms with van der Waals surface area (Å²) in [6, 6.07) is 16.4. The fraction of sp³-hybridized carbons (Fsp3) is 0. The molecule has 2 aromatic heterocycles. The lowest BCUT2D eigenvalue weighted by molar-refractivity contribution is 0.628. The molecule has 24 heavy (non-hydrogen) atoms. The molecule has 3 nitrogen and oxygen atoms in total. The van der Waals surface area contributed by atoms with E-state index in [4.69, 9.17) is 0 Å². The maximum absolute atomic E-state index is 13.1. The zero-order chi connectivity index (χ0) is 15.6. The van der Waals surface area contributed by atoms with Gasteiger partial charge in [0.1, 0.15) is 22.8 Å². The molecular weight excluding hydrogens is 345 g/mol. The van der Waals surface area contributed by atoms with E-state index >= 15 is 0 Å². The molecule has 0 radical (unpaired) electrons. The van der Waals surface area contributed by atoms with E-state index in [2.05, 4.69) is 32.8 Å². The molecule has 0 saturated heterocycles. The number of anilines is 2. The van der Waals surface area contributed by atoms with Crippen molar-refractivity contribution in [2.75, 3.05) is 5.32 Å². The van der Waals surface area contributed by atoms with Crippen LogP contribution in [0.15, 0.2) is 66.3 Å². The highest BCUT2D eigenvalue weighted by Gasteiger charge is 2.13. The minimum absolute atomic E-state index is 0. The van der Waals surface area contributed by atoms with Crippen LogP contribution in [-0.4, -0.2) is 9.97 Å². The summed E-state index contributed by atoms with van der Waals surface area (Å²) in [6.45, 7) is 0. The Morgan fingerprint density at radius 2 is 1.67 bits per heavy atom. The summed E-state index contributed by atoms with van der Waals surface area (Å²) < 4.78 is 13.1. The number of aromatic nitrogens is 2.